The highest BCUT2D eigenvalue weighted by Gasteiger charge is 2.26. The molecule has 10 heteroatoms. The number of imidazole rings is 1. The van der Waals surface area contributed by atoms with Crippen molar-refractivity contribution in [3.8, 4) is 0 Å². The summed E-state index contributed by atoms with van der Waals surface area (Å²) in [7, 11) is -3.71. The highest BCUT2D eigenvalue weighted by molar-refractivity contribution is 7.89. The molecule has 0 spiro atoms. The maximum atomic E-state index is 12.4. The third-order valence-corrected chi connectivity index (χ3v) is 5.78. The molecule has 1 atom stereocenters. The highest BCUT2D eigenvalue weighted by Crippen LogP contribution is 2.25. The summed E-state index contributed by atoms with van der Waals surface area (Å²) in [5.41, 5.74) is 0. The van der Waals surface area contributed by atoms with Gasteiger partial charge in [0.05, 0.1) is 13.2 Å². The second kappa shape index (κ2) is 6.19. The molecule has 2 aromatic heterocycles. The van der Waals surface area contributed by atoms with E-state index in [1.54, 1.807) is 11.6 Å². The summed E-state index contributed by atoms with van der Waals surface area (Å²) in [6, 6.07) is 0. The average molecular weight is 351 g/mol. The number of hydrogen-bond donors (Lipinski definition) is 2. The van der Waals surface area contributed by atoms with Gasteiger partial charge in [-0.3, -0.25) is 4.40 Å². The zero-order valence-electron chi connectivity index (χ0n) is 11.1. The van der Waals surface area contributed by atoms with Gasteiger partial charge in [-0.2, -0.15) is 0 Å². The van der Waals surface area contributed by atoms with Crippen LogP contribution in [-0.4, -0.2) is 50.7 Å². The number of nitrogens with zero attached hydrogens (tertiary/aromatic N) is 2. The molecule has 0 radical (unpaired) electrons. The number of sulfonamides is 1. The zero-order chi connectivity index (χ0) is 14.9. The maximum absolute atomic E-state index is 12.4. The molecule has 0 amide bonds. The van der Waals surface area contributed by atoms with E-state index in [1.165, 1.54) is 15.7 Å². The Morgan fingerprint density at radius 1 is 1.62 bits per heavy atom. The topological polar surface area (TPSA) is 84.7 Å². The summed E-state index contributed by atoms with van der Waals surface area (Å²) < 4.78 is 34.4. The lowest BCUT2D eigenvalue weighted by Gasteiger charge is -2.14. The summed E-state index contributed by atoms with van der Waals surface area (Å²) in [6.07, 6.45) is 1.64. The van der Waals surface area contributed by atoms with Gasteiger partial charge in [-0.25, -0.2) is 18.1 Å². The van der Waals surface area contributed by atoms with E-state index in [9.17, 15) is 8.42 Å². The van der Waals surface area contributed by atoms with Crippen LogP contribution in [-0.2, 0) is 14.8 Å². The van der Waals surface area contributed by atoms with E-state index in [4.69, 9.17) is 16.3 Å². The molecule has 3 rings (SSSR count). The van der Waals surface area contributed by atoms with Crippen molar-refractivity contribution in [3.63, 3.8) is 0 Å². The monoisotopic (exact) mass is 350 g/mol. The Balaban J connectivity index is 1.77. The minimum Gasteiger partial charge on any atom is -0.380 e. The fourth-order valence-electron chi connectivity index (χ4n) is 2.17. The first-order valence-corrected chi connectivity index (χ1v) is 9.21. The Bertz CT molecular complexity index is 719. The van der Waals surface area contributed by atoms with Gasteiger partial charge >= 0.3 is 0 Å². The Kier molecular flexibility index (Phi) is 4.48. The van der Waals surface area contributed by atoms with Crippen molar-refractivity contribution in [2.45, 2.75) is 5.03 Å². The molecule has 2 N–H and O–H groups in total. The van der Waals surface area contributed by atoms with Crippen LogP contribution in [0.5, 0.6) is 0 Å². The van der Waals surface area contributed by atoms with Gasteiger partial charge in [0.2, 0.25) is 0 Å². The lowest BCUT2D eigenvalue weighted by atomic mass is 10.2. The van der Waals surface area contributed by atoms with Gasteiger partial charge in [0.1, 0.15) is 0 Å². The fourth-order valence-corrected chi connectivity index (χ4v) is 4.73. The van der Waals surface area contributed by atoms with Crippen molar-refractivity contribution in [3.05, 3.63) is 16.7 Å². The van der Waals surface area contributed by atoms with Gasteiger partial charge in [-0.1, -0.05) is 11.6 Å². The van der Waals surface area contributed by atoms with Crippen molar-refractivity contribution in [2.24, 2.45) is 5.92 Å². The van der Waals surface area contributed by atoms with E-state index in [2.05, 4.69) is 15.0 Å². The molecule has 21 heavy (non-hydrogen) atoms. The Labute approximate surface area is 131 Å². The van der Waals surface area contributed by atoms with E-state index in [-0.39, 0.29) is 16.1 Å². The molecule has 0 aliphatic carbocycles. The first-order valence-electron chi connectivity index (χ1n) is 6.47. The maximum Gasteiger partial charge on any atom is 0.259 e. The molecule has 2 aromatic rings. The summed E-state index contributed by atoms with van der Waals surface area (Å²) in [4.78, 5) is 4.60. The second-order valence-corrected chi connectivity index (χ2v) is 7.67. The van der Waals surface area contributed by atoms with E-state index in [0.717, 1.165) is 13.1 Å². The van der Waals surface area contributed by atoms with Crippen LogP contribution in [0, 0.1) is 5.92 Å². The van der Waals surface area contributed by atoms with Crippen molar-refractivity contribution in [1.29, 1.82) is 0 Å². The van der Waals surface area contributed by atoms with Crippen molar-refractivity contribution >= 4 is 37.9 Å². The molecular weight excluding hydrogens is 336 g/mol. The third-order valence-electron chi connectivity index (χ3n) is 3.20. The predicted octanol–water partition coefficient (Wildman–Crippen LogP) is 0.563. The zero-order valence-corrected chi connectivity index (χ0v) is 13.5. The van der Waals surface area contributed by atoms with Gasteiger partial charge in [-0.05, 0) is 0 Å². The quantitative estimate of drug-likeness (QED) is 0.841. The predicted molar refractivity (Wildman–Crippen MR) is 80.4 cm³/mol. The molecule has 1 aliphatic heterocycles. The molecule has 1 aliphatic rings. The van der Waals surface area contributed by atoms with E-state index >= 15 is 0 Å². The lowest BCUT2D eigenvalue weighted by Crippen LogP contribution is -2.35. The second-order valence-electron chi connectivity index (χ2n) is 4.76. The number of thiazole rings is 1. The van der Waals surface area contributed by atoms with Gasteiger partial charge in [0.15, 0.2) is 15.1 Å². The van der Waals surface area contributed by atoms with Crippen LogP contribution in [0.25, 0.3) is 4.96 Å². The number of ether oxygens (including phenoxy) is 1. The number of nitrogens with one attached hydrogen (secondary N) is 2. The van der Waals surface area contributed by atoms with Crippen molar-refractivity contribution in [2.75, 3.05) is 32.8 Å². The normalized spacial score (nSPS) is 20.7. The summed E-state index contributed by atoms with van der Waals surface area (Å²) in [5.74, 6) is 0.0898. The van der Waals surface area contributed by atoms with Gasteiger partial charge in [0.25, 0.3) is 10.0 Å². The number of hydrogen-bond acceptors (Lipinski definition) is 6. The van der Waals surface area contributed by atoms with Gasteiger partial charge in [0, 0.05) is 37.1 Å². The van der Waals surface area contributed by atoms with Crippen LogP contribution >= 0.6 is 22.9 Å². The number of rotatable bonds is 4. The van der Waals surface area contributed by atoms with Crippen LogP contribution in [0.3, 0.4) is 0 Å². The van der Waals surface area contributed by atoms with Crippen LogP contribution < -0.4 is 10.0 Å². The molecule has 7 nitrogen and oxygen atoms in total. The molecule has 1 saturated heterocycles. The van der Waals surface area contributed by atoms with Gasteiger partial charge < -0.3 is 10.1 Å². The lowest BCUT2D eigenvalue weighted by molar-refractivity contribution is 0.124. The van der Waals surface area contributed by atoms with E-state index in [1.807, 2.05) is 0 Å². The largest absolute Gasteiger partial charge is 0.380 e. The Hall–Kier alpha value is -0.710. The van der Waals surface area contributed by atoms with Crippen LogP contribution in [0.2, 0.25) is 5.15 Å². The molecule has 0 aromatic carbocycles. The molecule has 0 bridgehead atoms. The first kappa shape index (κ1) is 15.2. The Morgan fingerprint density at radius 3 is 3.33 bits per heavy atom. The van der Waals surface area contributed by atoms with Gasteiger partial charge in [-0.15, -0.1) is 11.3 Å². The fraction of sp³-hybridized carbons (Fsp3) is 0.545. The molecule has 1 fully saturated rings. The van der Waals surface area contributed by atoms with Crippen LogP contribution in [0.4, 0.5) is 0 Å². The summed E-state index contributed by atoms with van der Waals surface area (Å²) in [6.45, 7) is 2.98. The minimum atomic E-state index is -3.71. The van der Waals surface area contributed by atoms with Crippen LogP contribution in [0.15, 0.2) is 16.6 Å². The standard InChI is InChI=1S/C11H15ClN4O3S2/c12-9-10(16-2-4-20-11(16)15-9)21(17,18)14-6-8-5-13-1-3-19-7-8/h2,4,8,13-14H,1,3,5-7H2/t8-/m0/s1. The third kappa shape index (κ3) is 3.22. The first-order chi connectivity index (χ1) is 10.1. The van der Waals surface area contributed by atoms with Crippen molar-refractivity contribution < 1.29 is 13.2 Å². The smallest absolute Gasteiger partial charge is 0.259 e. The summed E-state index contributed by atoms with van der Waals surface area (Å²) >= 11 is 7.29. The molecule has 116 valence electrons. The van der Waals surface area contributed by atoms with Crippen molar-refractivity contribution in [1.82, 2.24) is 19.4 Å². The molecule has 0 unspecified atom stereocenters. The molecule has 3 heterocycles. The molecular formula is C11H15ClN4O3S2. The Morgan fingerprint density at radius 2 is 2.48 bits per heavy atom. The highest BCUT2D eigenvalue weighted by atomic mass is 35.5. The van der Waals surface area contributed by atoms with E-state index < -0.39 is 10.0 Å². The number of fused-ring (bicyclic) bond motifs is 1. The molecule has 0 saturated carbocycles. The summed E-state index contributed by atoms with van der Waals surface area (Å²) in [5, 5.41) is 4.95. The van der Waals surface area contributed by atoms with E-state index in [0.29, 0.717) is 24.7 Å². The SMILES string of the molecule is O=S(=O)(NC[C@@H]1CNCCOC1)c1c(Cl)nc2sccn12. The minimum absolute atomic E-state index is 0.00964. The number of aromatic nitrogens is 2. The van der Waals surface area contributed by atoms with Crippen LogP contribution in [0.1, 0.15) is 0 Å². The average Bonchev–Trinajstić information content (AvgIpc) is 2.87. The number of halogens is 1.